The number of hydrogen-bond acceptors (Lipinski definition) is 3. The van der Waals surface area contributed by atoms with Crippen molar-refractivity contribution in [2.75, 3.05) is 12.4 Å². The summed E-state index contributed by atoms with van der Waals surface area (Å²) >= 11 is 6.04. The lowest BCUT2D eigenvalue weighted by molar-refractivity contribution is 0.104. The fraction of sp³-hybridized carbons (Fsp3) is 0.0588. The van der Waals surface area contributed by atoms with Gasteiger partial charge in [-0.2, -0.15) is 0 Å². The van der Waals surface area contributed by atoms with Crippen LogP contribution in [-0.4, -0.2) is 17.8 Å². The summed E-state index contributed by atoms with van der Waals surface area (Å²) < 4.78 is 0. The van der Waals surface area contributed by atoms with Gasteiger partial charge in [0.15, 0.2) is 5.78 Å². The van der Waals surface area contributed by atoms with Gasteiger partial charge in [-0.05, 0) is 23.8 Å². The smallest absolute Gasteiger partial charge is 0.195 e. The van der Waals surface area contributed by atoms with Crippen molar-refractivity contribution in [1.29, 1.82) is 0 Å². The molecule has 1 heterocycles. The molecule has 2 aromatic carbocycles. The number of carbonyl (C=O) groups excluding carboxylic acids is 1. The number of pyridine rings is 1. The summed E-state index contributed by atoms with van der Waals surface area (Å²) in [6, 6.07) is 13.1. The highest BCUT2D eigenvalue weighted by Crippen LogP contribution is 2.44. The third-order valence-electron chi connectivity index (χ3n) is 3.85. The van der Waals surface area contributed by atoms with E-state index in [0.717, 1.165) is 27.8 Å². The van der Waals surface area contributed by atoms with E-state index in [9.17, 15) is 4.79 Å². The summed E-state index contributed by atoms with van der Waals surface area (Å²) in [5.41, 5.74) is 3.93. The summed E-state index contributed by atoms with van der Waals surface area (Å²) in [6.07, 6.45) is 0. The van der Waals surface area contributed by atoms with E-state index in [1.807, 2.05) is 37.4 Å². The maximum atomic E-state index is 12.8. The molecular weight excluding hydrogens is 284 g/mol. The Morgan fingerprint density at radius 2 is 1.86 bits per heavy atom. The third-order valence-corrected chi connectivity index (χ3v) is 4.09. The van der Waals surface area contributed by atoms with Crippen molar-refractivity contribution in [3.63, 3.8) is 0 Å². The van der Waals surface area contributed by atoms with E-state index in [0.29, 0.717) is 16.1 Å². The Balaban J connectivity index is 2.18. The van der Waals surface area contributed by atoms with Crippen molar-refractivity contribution < 1.29 is 4.79 Å². The number of anilines is 1. The minimum atomic E-state index is 0.0117. The number of aromatic nitrogens is 1. The van der Waals surface area contributed by atoms with Crippen molar-refractivity contribution in [3.8, 4) is 11.1 Å². The van der Waals surface area contributed by atoms with Gasteiger partial charge in [-0.15, -0.1) is 0 Å². The molecule has 0 fully saturated rings. The molecule has 3 nitrogen and oxygen atoms in total. The van der Waals surface area contributed by atoms with E-state index in [1.54, 1.807) is 12.1 Å². The van der Waals surface area contributed by atoms with Crippen molar-refractivity contribution >= 4 is 34.1 Å². The molecule has 0 saturated heterocycles. The fourth-order valence-electron chi connectivity index (χ4n) is 2.95. The van der Waals surface area contributed by atoms with Gasteiger partial charge in [0.1, 0.15) is 5.82 Å². The lowest BCUT2D eigenvalue weighted by atomic mass is 10.0. The maximum absolute atomic E-state index is 12.8. The van der Waals surface area contributed by atoms with Crippen molar-refractivity contribution in [2.45, 2.75) is 0 Å². The highest BCUT2D eigenvalue weighted by molar-refractivity contribution is 6.33. The average Bonchev–Trinajstić information content (AvgIpc) is 2.80. The fourth-order valence-corrected chi connectivity index (χ4v) is 3.12. The van der Waals surface area contributed by atoms with E-state index >= 15 is 0 Å². The topological polar surface area (TPSA) is 42.0 Å². The molecule has 1 aliphatic carbocycles. The van der Waals surface area contributed by atoms with Gasteiger partial charge in [-0.25, -0.2) is 4.98 Å². The van der Waals surface area contributed by atoms with Gasteiger partial charge in [0, 0.05) is 34.1 Å². The molecule has 4 heteroatoms. The molecule has 0 saturated carbocycles. The van der Waals surface area contributed by atoms with E-state index in [4.69, 9.17) is 11.6 Å². The van der Waals surface area contributed by atoms with Crippen LogP contribution in [0.15, 0.2) is 42.5 Å². The van der Waals surface area contributed by atoms with E-state index < -0.39 is 0 Å². The van der Waals surface area contributed by atoms with Crippen molar-refractivity contribution in [3.05, 3.63) is 58.6 Å². The molecule has 4 rings (SSSR count). The maximum Gasteiger partial charge on any atom is 0.195 e. The number of nitrogens with zero attached hydrogens (tertiary/aromatic N) is 1. The summed E-state index contributed by atoms with van der Waals surface area (Å²) in [4.78, 5) is 17.4. The molecule has 1 aromatic heterocycles. The molecular formula is C17H11ClN2O. The first-order valence-corrected chi connectivity index (χ1v) is 7.03. The quantitative estimate of drug-likeness (QED) is 0.573. The minimum absolute atomic E-state index is 0.0117. The summed E-state index contributed by atoms with van der Waals surface area (Å²) in [6.45, 7) is 0. The Morgan fingerprint density at radius 1 is 1.05 bits per heavy atom. The standard InChI is InChI=1S/C17H11ClN2O/c1-19-17-15-10-7-6-9(18)8-12(10)16(21)14(15)11-4-2-3-5-13(11)20-17/h2-8H,1H3,(H,19,20). The highest BCUT2D eigenvalue weighted by atomic mass is 35.5. The number of carbonyl (C=O) groups is 1. The number of fused-ring (bicyclic) bond motifs is 5. The number of ketones is 1. The first-order chi connectivity index (χ1) is 10.2. The van der Waals surface area contributed by atoms with E-state index in [2.05, 4.69) is 10.3 Å². The Bertz CT molecular complexity index is 918. The van der Waals surface area contributed by atoms with Crippen LogP contribution in [0.5, 0.6) is 0 Å². The Labute approximate surface area is 126 Å². The van der Waals surface area contributed by atoms with E-state index in [1.165, 1.54) is 0 Å². The lowest BCUT2D eigenvalue weighted by Gasteiger charge is -2.10. The number of hydrogen-bond donors (Lipinski definition) is 1. The molecule has 102 valence electrons. The van der Waals surface area contributed by atoms with Crippen LogP contribution in [0.4, 0.5) is 5.82 Å². The van der Waals surface area contributed by atoms with Crippen LogP contribution in [-0.2, 0) is 0 Å². The number of rotatable bonds is 1. The molecule has 0 radical (unpaired) electrons. The zero-order chi connectivity index (χ0) is 14.6. The lowest BCUT2D eigenvalue weighted by Crippen LogP contribution is -2.01. The van der Waals surface area contributed by atoms with Gasteiger partial charge in [0.25, 0.3) is 0 Å². The molecule has 0 bridgehead atoms. The summed E-state index contributed by atoms with van der Waals surface area (Å²) in [7, 11) is 1.82. The number of nitrogens with one attached hydrogen (secondary N) is 1. The zero-order valence-electron chi connectivity index (χ0n) is 11.3. The van der Waals surface area contributed by atoms with Crippen LogP contribution in [0, 0.1) is 0 Å². The molecule has 1 aliphatic rings. The predicted octanol–water partition coefficient (Wildman–Crippen LogP) is 4.14. The molecule has 0 unspecified atom stereocenters. The second kappa shape index (κ2) is 4.30. The van der Waals surface area contributed by atoms with Crippen LogP contribution in [0.25, 0.3) is 22.0 Å². The molecule has 3 aromatic rings. The first-order valence-electron chi connectivity index (χ1n) is 6.66. The monoisotopic (exact) mass is 294 g/mol. The summed E-state index contributed by atoms with van der Waals surface area (Å²) in [5.74, 6) is 0.732. The third kappa shape index (κ3) is 1.61. The van der Waals surface area contributed by atoms with Crippen molar-refractivity contribution in [1.82, 2.24) is 4.98 Å². The second-order valence-electron chi connectivity index (χ2n) is 5.00. The predicted molar refractivity (Wildman–Crippen MR) is 85.2 cm³/mol. The van der Waals surface area contributed by atoms with Gasteiger partial charge >= 0.3 is 0 Å². The first kappa shape index (κ1) is 12.4. The van der Waals surface area contributed by atoms with Crippen LogP contribution in [0.2, 0.25) is 5.02 Å². The van der Waals surface area contributed by atoms with Crippen LogP contribution in [0.3, 0.4) is 0 Å². The highest BCUT2D eigenvalue weighted by Gasteiger charge is 2.31. The molecule has 0 amide bonds. The number of benzene rings is 2. The van der Waals surface area contributed by atoms with Gasteiger partial charge in [-0.1, -0.05) is 35.9 Å². The summed E-state index contributed by atoms with van der Waals surface area (Å²) in [5, 5.41) is 4.55. The minimum Gasteiger partial charge on any atom is -0.373 e. The Hall–Kier alpha value is -2.39. The second-order valence-corrected chi connectivity index (χ2v) is 5.43. The van der Waals surface area contributed by atoms with Crippen molar-refractivity contribution in [2.24, 2.45) is 0 Å². The SMILES string of the molecule is CNc1nc2ccccc2c2c1-c1ccc(Cl)cc1C2=O. The van der Waals surface area contributed by atoms with Gasteiger partial charge in [0.05, 0.1) is 5.52 Å². The van der Waals surface area contributed by atoms with Gasteiger partial charge < -0.3 is 5.32 Å². The number of halogens is 1. The molecule has 0 atom stereocenters. The van der Waals surface area contributed by atoms with Gasteiger partial charge in [-0.3, -0.25) is 4.79 Å². The van der Waals surface area contributed by atoms with Crippen LogP contribution < -0.4 is 5.32 Å². The van der Waals surface area contributed by atoms with Gasteiger partial charge in [0.2, 0.25) is 0 Å². The van der Waals surface area contributed by atoms with Crippen LogP contribution in [0.1, 0.15) is 15.9 Å². The Kier molecular flexibility index (Phi) is 2.53. The van der Waals surface area contributed by atoms with E-state index in [-0.39, 0.29) is 5.78 Å². The average molecular weight is 295 g/mol. The normalized spacial score (nSPS) is 12.4. The Morgan fingerprint density at radius 3 is 2.67 bits per heavy atom. The molecule has 0 aliphatic heterocycles. The largest absolute Gasteiger partial charge is 0.373 e. The molecule has 1 N–H and O–H groups in total. The molecule has 21 heavy (non-hydrogen) atoms. The number of para-hydroxylation sites is 1. The molecule has 0 spiro atoms. The van der Waals surface area contributed by atoms with Crippen LogP contribution >= 0.6 is 11.6 Å². The zero-order valence-corrected chi connectivity index (χ0v) is 12.0.